The number of ether oxygens (including phenoxy) is 1. The van der Waals surface area contributed by atoms with Crippen molar-refractivity contribution in [3.8, 4) is 0 Å². The summed E-state index contributed by atoms with van der Waals surface area (Å²) in [4.78, 5) is 25.8. The average molecular weight is 410 g/mol. The van der Waals surface area contributed by atoms with Crippen LogP contribution in [0.25, 0.3) is 11.0 Å². The van der Waals surface area contributed by atoms with Crippen LogP contribution < -0.4 is 10.9 Å². The van der Waals surface area contributed by atoms with Crippen LogP contribution in [0.3, 0.4) is 0 Å². The van der Waals surface area contributed by atoms with E-state index in [0.29, 0.717) is 24.4 Å². The molecule has 0 unspecified atom stereocenters. The van der Waals surface area contributed by atoms with Gasteiger partial charge in [-0.15, -0.1) is 0 Å². The van der Waals surface area contributed by atoms with Crippen LogP contribution in [0.4, 0.5) is 10.5 Å². The van der Waals surface area contributed by atoms with Crippen LogP contribution in [-0.4, -0.2) is 42.4 Å². The van der Waals surface area contributed by atoms with E-state index in [1.807, 2.05) is 24.3 Å². The van der Waals surface area contributed by atoms with E-state index >= 15 is 0 Å². The molecular formula is C23H26N2O5. The summed E-state index contributed by atoms with van der Waals surface area (Å²) >= 11 is 0. The topological polar surface area (TPSA) is 92.0 Å². The van der Waals surface area contributed by atoms with E-state index in [4.69, 9.17) is 9.15 Å². The van der Waals surface area contributed by atoms with Gasteiger partial charge in [-0.25, -0.2) is 9.59 Å². The normalized spacial score (nSPS) is 11.0. The Hall–Kier alpha value is -3.16. The Morgan fingerprint density at radius 3 is 2.67 bits per heavy atom. The Labute approximate surface area is 174 Å². The number of amides is 1. The number of aliphatic hydroxyl groups excluding tert-OH is 1. The number of hydrogen-bond acceptors (Lipinski definition) is 6. The predicted octanol–water partition coefficient (Wildman–Crippen LogP) is 3.40. The summed E-state index contributed by atoms with van der Waals surface area (Å²) in [6, 6.07) is 16.8. The summed E-state index contributed by atoms with van der Waals surface area (Å²) in [6.07, 6.45) is 0.277. The van der Waals surface area contributed by atoms with E-state index in [1.165, 1.54) is 11.6 Å². The van der Waals surface area contributed by atoms with Crippen molar-refractivity contribution in [3.05, 3.63) is 76.1 Å². The molecule has 2 aromatic carbocycles. The molecule has 0 bridgehead atoms. The number of carbonyl (C=O) groups is 1. The third-order valence-electron chi connectivity index (χ3n) is 4.72. The van der Waals surface area contributed by atoms with E-state index in [2.05, 4.69) is 22.3 Å². The SMILES string of the molecule is CCOC(=O)Nc1ccc2c(CN(CCO)CCc3ccccc3)cc(=O)oc2c1. The summed E-state index contributed by atoms with van der Waals surface area (Å²) in [5, 5.41) is 12.9. The summed E-state index contributed by atoms with van der Waals surface area (Å²) in [6.45, 7) is 3.76. The molecule has 0 spiro atoms. The van der Waals surface area contributed by atoms with Gasteiger partial charge in [0.1, 0.15) is 5.58 Å². The third-order valence-corrected chi connectivity index (χ3v) is 4.72. The zero-order valence-electron chi connectivity index (χ0n) is 17.0. The van der Waals surface area contributed by atoms with Crippen LogP contribution in [0, 0.1) is 0 Å². The Morgan fingerprint density at radius 1 is 1.13 bits per heavy atom. The Kier molecular flexibility index (Phi) is 7.59. The lowest BCUT2D eigenvalue weighted by Gasteiger charge is -2.22. The maximum Gasteiger partial charge on any atom is 0.411 e. The van der Waals surface area contributed by atoms with Gasteiger partial charge in [0.15, 0.2) is 0 Å². The van der Waals surface area contributed by atoms with E-state index in [1.54, 1.807) is 19.1 Å². The van der Waals surface area contributed by atoms with Crippen molar-refractivity contribution in [2.45, 2.75) is 19.9 Å². The molecule has 0 saturated carbocycles. The smallest absolute Gasteiger partial charge is 0.411 e. The summed E-state index contributed by atoms with van der Waals surface area (Å²) in [7, 11) is 0. The zero-order valence-corrected chi connectivity index (χ0v) is 17.0. The standard InChI is InChI=1S/C23H26N2O5/c1-2-29-23(28)24-19-8-9-20-18(14-22(27)30-21(20)15-19)16-25(12-13-26)11-10-17-6-4-3-5-7-17/h3-9,14-15,26H,2,10-13,16H2,1H3,(H,24,28). The number of fused-ring (bicyclic) bond motifs is 1. The number of carbonyl (C=O) groups excluding carboxylic acids is 1. The van der Waals surface area contributed by atoms with Gasteiger partial charge in [0.05, 0.1) is 13.2 Å². The first kappa shape index (κ1) is 21.5. The highest BCUT2D eigenvalue weighted by Crippen LogP contribution is 2.23. The largest absolute Gasteiger partial charge is 0.450 e. The minimum Gasteiger partial charge on any atom is -0.450 e. The van der Waals surface area contributed by atoms with Crippen molar-refractivity contribution >= 4 is 22.7 Å². The van der Waals surface area contributed by atoms with Crippen molar-refractivity contribution in [3.63, 3.8) is 0 Å². The highest BCUT2D eigenvalue weighted by atomic mass is 16.5. The van der Waals surface area contributed by atoms with E-state index < -0.39 is 11.7 Å². The molecule has 7 nitrogen and oxygen atoms in total. The minimum atomic E-state index is -0.564. The number of benzene rings is 2. The first-order valence-corrected chi connectivity index (χ1v) is 9.96. The van der Waals surface area contributed by atoms with Crippen LogP contribution in [-0.2, 0) is 17.7 Å². The van der Waals surface area contributed by atoms with E-state index in [0.717, 1.165) is 23.9 Å². The van der Waals surface area contributed by atoms with Gasteiger partial charge in [-0.2, -0.15) is 0 Å². The van der Waals surface area contributed by atoms with E-state index in [-0.39, 0.29) is 13.2 Å². The molecule has 1 aromatic heterocycles. The third kappa shape index (κ3) is 5.92. The molecule has 3 rings (SSSR count). The highest BCUT2D eigenvalue weighted by Gasteiger charge is 2.12. The van der Waals surface area contributed by atoms with Gasteiger partial charge in [-0.3, -0.25) is 10.2 Å². The molecule has 0 saturated heterocycles. The van der Waals surface area contributed by atoms with Gasteiger partial charge < -0.3 is 14.3 Å². The second-order valence-corrected chi connectivity index (χ2v) is 6.88. The van der Waals surface area contributed by atoms with Crippen LogP contribution in [0.5, 0.6) is 0 Å². The fraction of sp³-hybridized carbons (Fsp3) is 0.304. The molecule has 0 radical (unpaired) electrons. The molecular weight excluding hydrogens is 384 g/mol. The fourth-order valence-electron chi connectivity index (χ4n) is 3.31. The molecule has 0 aliphatic heterocycles. The van der Waals surface area contributed by atoms with Crippen molar-refractivity contribution in [1.82, 2.24) is 4.90 Å². The van der Waals surface area contributed by atoms with Gasteiger partial charge in [0.2, 0.25) is 0 Å². The molecule has 1 amide bonds. The lowest BCUT2D eigenvalue weighted by molar-refractivity contribution is 0.168. The van der Waals surface area contributed by atoms with Crippen molar-refractivity contribution in [1.29, 1.82) is 0 Å². The molecule has 0 fully saturated rings. The Bertz CT molecular complexity index is 1030. The highest BCUT2D eigenvalue weighted by molar-refractivity contribution is 5.89. The molecule has 0 atom stereocenters. The minimum absolute atomic E-state index is 0.0295. The number of anilines is 1. The maximum absolute atomic E-state index is 12.1. The maximum atomic E-state index is 12.1. The molecule has 0 aliphatic carbocycles. The monoisotopic (exact) mass is 410 g/mol. The van der Waals surface area contributed by atoms with Crippen LogP contribution in [0.1, 0.15) is 18.1 Å². The Morgan fingerprint density at radius 2 is 1.93 bits per heavy atom. The van der Waals surface area contributed by atoms with Gasteiger partial charge in [0.25, 0.3) is 0 Å². The second kappa shape index (κ2) is 10.6. The van der Waals surface area contributed by atoms with Crippen molar-refractivity contribution in [2.24, 2.45) is 0 Å². The molecule has 3 aromatic rings. The molecule has 158 valence electrons. The van der Waals surface area contributed by atoms with Crippen LogP contribution >= 0.6 is 0 Å². The molecule has 30 heavy (non-hydrogen) atoms. The first-order valence-electron chi connectivity index (χ1n) is 9.96. The number of aliphatic hydroxyl groups is 1. The molecule has 7 heteroatoms. The van der Waals surface area contributed by atoms with Gasteiger partial charge in [-0.05, 0) is 36.6 Å². The van der Waals surface area contributed by atoms with Crippen molar-refractivity contribution in [2.75, 3.05) is 31.6 Å². The second-order valence-electron chi connectivity index (χ2n) is 6.88. The zero-order chi connectivity index (χ0) is 21.3. The van der Waals surface area contributed by atoms with Crippen LogP contribution in [0.2, 0.25) is 0 Å². The lowest BCUT2D eigenvalue weighted by Crippen LogP contribution is -2.29. The van der Waals surface area contributed by atoms with Crippen LogP contribution in [0.15, 0.2) is 63.8 Å². The molecule has 1 heterocycles. The lowest BCUT2D eigenvalue weighted by atomic mass is 10.1. The molecule has 2 N–H and O–H groups in total. The fourth-order valence-corrected chi connectivity index (χ4v) is 3.31. The number of rotatable bonds is 9. The van der Waals surface area contributed by atoms with Gasteiger partial charge in [-0.1, -0.05) is 30.3 Å². The number of hydrogen-bond donors (Lipinski definition) is 2. The predicted molar refractivity (Wildman–Crippen MR) is 116 cm³/mol. The first-order chi connectivity index (χ1) is 14.6. The summed E-state index contributed by atoms with van der Waals surface area (Å²) in [5.41, 5.74) is 2.44. The average Bonchev–Trinajstić information content (AvgIpc) is 2.72. The quantitative estimate of drug-likeness (QED) is 0.526. The van der Waals surface area contributed by atoms with Gasteiger partial charge >= 0.3 is 11.7 Å². The van der Waals surface area contributed by atoms with Gasteiger partial charge in [0, 0.05) is 42.8 Å². The van der Waals surface area contributed by atoms with Crippen molar-refractivity contribution < 1.29 is 19.1 Å². The summed E-state index contributed by atoms with van der Waals surface area (Å²) < 4.78 is 10.2. The Balaban J connectivity index is 1.80. The summed E-state index contributed by atoms with van der Waals surface area (Å²) in [5.74, 6) is 0. The van der Waals surface area contributed by atoms with E-state index in [9.17, 15) is 14.7 Å². The molecule has 0 aliphatic rings. The number of nitrogens with one attached hydrogen (secondary N) is 1. The number of nitrogens with zero attached hydrogens (tertiary/aromatic N) is 1.